The quantitative estimate of drug-likeness (QED) is 0.185. The van der Waals surface area contributed by atoms with Crippen LogP contribution in [0.25, 0.3) is 27.5 Å². The Morgan fingerprint density at radius 2 is 1.65 bits per heavy atom. The van der Waals surface area contributed by atoms with Crippen molar-refractivity contribution in [2.75, 3.05) is 49.5 Å². The lowest BCUT2D eigenvalue weighted by atomic mass is 9.89. The molecule has 3 aliphatic heterocycles. The minimum Gasteiger partial charge on any atom is -0.386 e. The minimum atomic E-state index is -1.26. The number of imidazole rings is 1. The fourth-order valence-electron chi connectivity index (χ4n) is 10.8. The number of nitrogens with zero attached hydrogens (tertiary/aromatic N) is 10. The fraction of sp³-hybridized carbons (Fsp3) is 0.458. The number of aliphatic hydroxyl groups is 1. The summed E-state index contributed by atoms with van der Waals surface area (Å²) in [5.74, 6) is -1.01. The summed E-state index contributed by atoms with van der Waals surface area (Å²) < 4.78 is 6.63. The number of benzene rings is 2. The maximum atomic E-state index is 13.9. The molecule has 4 amide bonds. The number of para-hydroxylation sites is 1. The van der Waals surface area contributed by atoms with Crippen molar-refractivity contribution in [3.8, 4) is 6.07 Å². The van der Waals surface area contributed by atoms with Gasteiger partial charge in [-0.15, -0.1) is 0 Å². The highest BCUT2D eigenvalue weighted by Gasteiger charge is 2.36. The van der Waals surface area contributed by atoms with Gasteiger partial charge in [-0.3, -0.25) is 43.2 Å². The van der Waals surface area contributed by atoms with Crippen LogP contribution in [0.1, 0.15) is 98.9 Å². The molecule has 3 saturated heterocycles. The first-order valence-corrected chi connectivity index (χ1v) is 23.0. The lowest BCUT2D eigenvalue weighted by molar-refractivity contribution is -0.138. The molecule has 6 aromatic rings. The second-order valence-electron chi connectivity index (χ2n) is 18.9. The van der Waals surface area contributed by atoms with E-state index in [-0.39, 0.29) is 42.3 Å². The van der Waals surface area contributed by atoms with Crippen molar-refractivity contribution in [3.63, 3.8) is 0 Å². The summed E-state index contributed by atoms with van der Waals surface area (Å²) in [7, 11) is 1.72. The summed E-state index contributed by atoms with van der Waals surface area (Å²) >= 11 is 0. The van der Waals surface area contributed by atoms with E-state index in [0.29, 0.717) is 78.6 Å². The summed E-state index contributed by atoms with van der Waals surface area (Å²) in [6.45, 7) is 7.83. The summed E-state index contributed by atoms with van der Waals surface area (Å²) in [4.78, 5) is 72.3. The van der Waals surface area contributed by atoms with E-state index in [1.807, 2.05) is 46.1 Å². The molecular weight excluding hydrogens is 841 g/mol. The van der Waals surface area contributed by atoms with E-state index in [0.717, 1.165) is 60.9 Å². The Kier molecular flexibility index (Phi) is 11.0. The van der Waals surface area contributed by atoms with Gasteiger partial charge in [0.2, 0.25) is 17.7 Å². The number of hydrogen-bond donors (Lipinski definition) is 3. The second-order valence-corrected chi connectivity index (χ2v) is 18.9. The largest absolute Gasteiger partial charge is 0.386 e. The number of imide groups is 1. The van der Waals surface area contributed by atoms with Gasteiger partial charge >= 0.3 is 5.69 Å². The van der Waals surface area contributed by atoms with Crippen LogP contribution in [0, 0.1) is 17.2 Å². The van der Waals surface area contributed by atoms with E-state index in [1.54, 1.807) is 43.7 Å². The third-order valence-corrected chi connectivity index (χ3v) is 14.4. The number of carbonyl (C=O) groups is 4. The lowest BCUT2D eigenvalue weighted by Gasteiger charge is -2.43. The standard InChI is InChI=1S/C48H54N12O6/c1-48(2,66)35-25-36-31(24-37(35)51-45(63)41-12-11-34-23-29(26-49)27-50-60(34)41)28-58(53-36)33-9-7-32(8-10-33)55-19-21-57(22-20-55)46(64)30-15-17-56(18-16-30)38-5-4-6-39-43(38)54(3)47(65)59(39)40-13-14-42(61)52-44(40)62/h4-6,11-12,23-25,27-28,30,32-33,40,66H,7-10,13-22H2,1-3H3,(H,51,63)(H,52,61,62). The molecule has 1 aliphatic carbocycles. The molecule has 4 aromatic heterocycles. The van der Waals surface area contributed by atoms with Crippen LogP contribution in [-0.2, 0) is 27.0 Å². The maximum absolute atomic E-state index is 13.9. The number of piperidine rings is 2. The molecule has 1 unspecified atom stereocenters. The van der Waals surface area contributed by atoms with Crippen LogP contribution in [0.4, 0.5) is 11.4 Å². The molecule has 2 aromatic carbocycles. The number of fused-ring (bicyclic) bond motifs is 3. The van der Waals surface area contributed by atoms with Gasteiger partial charge in [0.05, 0.1) is 51.2 Å². The highest BCUT2D eigenvalue weighted by Crippen LogP contribution is 2.37. The number of rotatable bonds is 8. The monoisotopic (exact) mass is 894 g/mol. The predicted molar refractivity (Wildman–Crippen MR) is 246 cm³/mol. The normalized spacial score (nSPS) is 21.4. The Balaban J connectivity index is 0.734. The summed E-state index contributed by atoms with van der Waals surface area (Å²) in [5.41, 5.74) is 3.86. The van der Waals surface area contributed by atoms with Gasteiger partial charge in [0.25, 0.3) is 5.91 Å². The molecule has 1 saturated carbocycles. The van der Waals surface area contributed by atoms with Crippen LogP contribution in [0.3, 0.4) is 0 Å². The zero-order valence-electron chi connectivity index (χ0n) is 37.4. The Bertz CT molecular complexity index is 3020. The van der Waals surface area contributed by atoms with Crippen molar-refractivity contribution in [1.82, 2.24) is 43.6 Å². The van der Waals surface area contributed by atoms with Gasteiger partial charge in [0.1, 0.15) is 17.8 Å². The van der Waals surface area contributed by atoms with Crippen molar-refractivity contribution >= 4 is 62.5 Å². The minimum absolute atomic E-state index is 0.0625. The molecule has 0 radical (unpaired) electrons. The molecule has 66 heavy (non-hydrogen) atoms. The average Bonchev–Trinajstić information content (AvgIpc) is 4.02. The summed E-state index contributed by atoms with van der Waals surface area (Å²) in [5, 5.41) is 35.9. The summed E-state index contributed by atoms with van der Waals surface area (Å²) in [6.07, 6.45) is 9.31. The number of aryl methyl sites for hydroxylation is 1. The van der Waals surface area contributed by atoms with E-state index in [2.05, 4.69) is 31.6 Å². The number of hydrogen-bond acceptors (Lipinski definition) is 11. The molecule has 0 bridgehead atoms. The van der Waals surface area contributed by atoms with Gasteiger partial charge in [-0.1, -0.05) is 6.07 Å². The zero-order valence-corrected chi connectivity index (χ0v) is 37.4. The highest BCUT2D eigenvalue weighted by atomic mass is 16.3. The number of carbonyl (C=O) groups excluding carboxylic acids is 4. The Morgan fingerprint density at radius 3 is 2.36 bits per heavy atom. The van der Waals surface area contributed by atoms with E-state index in [4.69, 9.17) is 5.10 Å². The number of aromatic nitrogens is 6. The van der Waals surface area contributed by atoms with E-state index < -0.39 is 23.5 Å². The van der Waals surface area contributed by atoms with E-state index >= 15 is 0 Å². The number of nitriles is 1. The van der Waals surface area contributed by atoms with Crippen molar-refractivity contribution < 1.29 is 24.3 Å². The Morgan fingerprint density at radius 1 is 0.909 bits per heavy atom. The molecule has 7 heterocycles. The third kappa shape index (κ3) is 7.79. The number of anilines is 2. The van der Waals surface area contributed by atoms with Crippen LogP contribution < -0.4 is 21.2 Å². The van der Waals surface area contributed by atoms with Gasteiger partial charge in [0.15, 0.2) is 0 Å². The molecule has 10 rings (SSSR count). The first-order valence-electron chi connectivity index (χ1n) is 23.0. The molecule has 0 spiro atoms. The van der Waals surface area contributed by atoms with Gasteiger partial charge in [0, 0.05) is 87.5 Å². The van der Waals surface area contributed by atoms with Crippen molar-refractivity contribution in [1.29, 1.82) is 5.26 Å². The number of nitrogens with one attached hydrogen (secondary N) is 2. The molecule has 4 aliphatic rings. The van der Waals surface area contributed by atoms with Crippen molar-refractivity contribution in [2.24, 2.45) is 13.0 Å². The van der Waals surface area contributed by atoms with Crippen LogP contribution >= 0.6 is 0 Å². The predicted octanol–water partition coefficient (Wildman–Crippen LogP) is 4.21. The van der Waals surface area contributed by atoms with Crippen LogP contribution in [0.5, 0.6) is 0 Å². The van der Waals surface area contributed by atoms with Gasteiger partial charge in [-0.25, -0.2) is 9.31 Å². The SMILES string of the molecule is Cn1c(=O)n(C2CCC(=O)NC2=O)c2cccc(N3CCC(C(=O)N4CCN(C5CCC(n6cc7cc(NC(=O)c8ccc9cc(C#N)cnn89)c(C(C)(C)O)cc7n6)CC5)CC4)CC3)c21. The van der Waals surface area contributed by atoms with Gasteiger partial charge in [-0.05, 0) is 101 Å². The molecule has 4 fully saturated rings. The smallest absolute Gasteiger partial charge is 0.329 e. The van der Waals surface area contributed by atoms with Gasteiger partial charge < -0.3 is 20.2 Å². The Hall–Kier alpha value is -6.84. The molecule has 1 atom stereocenters. The molecule has 342 valence electrons. The highest BCUT2D eigenvalue weighted by molar-refractivity contribution is 6.05. The first-order chi connectivity index (χ1) is 31.7. The Labute approximate surface area is 380 Å². The second kappa shape index (κ2) is 16.9. The van der Waals surface area contributed by atoms with Crippen LogP contribution in [0.15, 0.2) is 65.7 Å². The molecule has 18 heteroatoms. The molecule has 3 N–H and O–H groups in total. The topological polar surface area (TPSA) is 208 Å². The van der Waals surface area contributed by atoms with Gasteiger partial charge in [-0.2, -0.15) is 15.5 Å². The lowest BCUT2D eigenvalue weighted by Crippen LogP contribution is -2.54. The van der Waals surface area contributed by atoms with Crippen LogP contribution in [-0.4, -0.2) is 112 Å². The zero-order chi connectivity index (χ0) is 46.0. The summed E-state index contributed by atoms with van der Waals surface area (Å²) in [6, 6.07) is 16.5. The van der Waals surface area contributed by atoms with E-state index in [1.165, 1.54) is 15.3 Å². The molecular formula is C48H54N12O6. The number of amides is 4. The molecule has 18 nitrogen and oxygen atoms in total. The van der Waals surface area contributed by atoms with Crippen LogP contribution in [0.2, 0.25) is 0 Å². The van der Waals surface area contributed by atoms with Crippen molar-refractivity contribution in [2.45, 2.75) is 88.9 Å². The number of piperazine rings is 1. The average molecular weight is 895 g/mol. The first kappa shape index (κ1) is 43.1. The van der Waals surface area contributed by atoms with E-state index in [9.17, 15) is 34.3 Å². The third-order valence-electron chi connectivity index (χ3n) is 14.4. The maximum Gasteiger partial charge on any atom is 0.329 e. The fourth-order valence-corrected chi connectivity index (χ4v) is 10.8. The van der Waals surface area contributed by atoms with Crippen molar-refractivity contribution in [3.05, 3.63) is 88.2 Å².